The lowest BCUT2D eigenvalue weighted by atomic mass is 9.94. The molecule has 3 rings (SSSR count). The van der Waals surface area contributed by atoms with Crippen LogP contribution in [0.25, 0.3) is 0 Å². The number of aliphatic hydroxyl groups excluding tert-OH is 1. The molecule has 1 saturated heterocycles. The Morgan fingerprint density at radius 2 is 2.15 bits per heavy atom. The largest absolute Gasteiger partial charge is 0.496 e. The van der Waals surface area contributed by atoms with Crippen LogP contribution in [0.4, 0.5) is 10.1 Å². The highest BCUT2D eigenvalue weighted by Gasteiger charge is 2.21. The van der Waals surface area contributed by atoms with Crippen LogP contribution in [0.15, 0.2) is 45.4 Å². The molecule has 0 aromatic heterocycles. The maximum Gasteiger partial charge on any atom is 0.157 e. The number of nitrogens with two attached hydrogens (primary N) is 1. The van der Waals surface area contributed by atoms with Gasteiger partial charge in [-0.25, -0.2) is 9.38 Å². The number of aliphatic imine (C=N–C) groups is 2. The third-order valence-electron chi connectivity index (χ3n) is 6.00. The fourth-order valence-electron chi connectivity index (χ4n) is 4.21. The Kier molecular flexibility index (Phi) is 8.80. The quantitative estimate of drug-likeness (QED) is 0.343. The van der Waals surface area contributed by atoms with Crippen molar-refractivity contribution in [2.75, 3.05) is 32.7 Å². The predicted molar refractivity (Wildman–Crippen MR) is 132 cm³/mol. The molecular weight excluding hydrogens is 421 g/mol. The summed E-state index contributed by atoms with van der Waals surface area (Å²) in [6, 6.07) is 3.89. The van der Waals surface area contributed by atoms with E-state index in [4.69, 9.17) is 25.2 Å². The Bertz CT molecular complexity index is 960. The molecule has 1 heterocycles. The number of rotatable bonds is 8. The summed E-state index contributed by atoms with van der Waals surface area (Å²) < 4.78 is 25.2. The molecule has 33 heavy (non-hydrogen) atoms. The van der Waals surface area contributed by atoms with Gasteiger partial charge in [-0.05, 0) is 75.1 Å². The number of aliphatic hydroxyl groups is 1. The summed E-state index contributed by atoms with van der Waals surface area (Å²) >= 11 is 0. The zero-order valence-corrected chi connectivity index (χ0v) is 20.1. The summed E-state index contributed by atoms with van der Waals surface area (Å²) in [4.78, 5) is 9.61. The molecule has 2 atom stereocenters. The molecule has 1 aliphatic carbocycles. The van der Waals surface area contributed by atoms with E-state index in [1.807, 2.05) is 39.0 Å². The van der Waals surface area contributed by atoms with E-state index in [9.17, 15) is 9.50 Å². The number of benzene rings is 1. The number of alkyl halides is 1. The topological polar surface area (TPSA) is 89.4 Å². The van der Waals surface area contributed by atoms with Crippen molar-refractivity contribution in [1.29, 1.82) is 0 Å². The van der Waals surface area contributed by atoms with Crippen LogP contribution >= 0.6 is 0 Å². The molecule has 1 aromatic rings. The van der Waals surface area contributed by atoms with E-state index in [1.165, 1.54) is 0 Å². The predicted octanol–water partition coefficient (Wildman–Crippen LogP) is 4.45. The molecule has 0 bridgehead atoms. The second-order valence-electron chi connectivity index (χ2n) is 9.00. The van der Waals surface area contributed by atoms with Gasteiger partial charge in [-0.15, -0.1) is 0 Å². The molecule has 3 N–H and O–H groups in total. The first kappa shape index (κ1) is 25.1. The number of hydrogen-bond donors (Lipinski definition) is 2. The third kappa shape index (κ3) is 6.51. The molecule has 0 amide bonds. The Morgan fingerprint density at radius 1 is 1.36 bits per heavy atom. The molecule has 0 spiro atoms. The Labute approximate surface area is 196 Å². The molecular formula is C26H36FN3O3. The summed E-state index contributed by atoms with van der Waals surface area (Å²) in [7, 11) is 1.65. The van der Waals surface area contributed by atoms with Gasteiger partial charge in [0.05, 0.1) is 13.7 Å². The number of hydrogen-bond acceptors (Lipinski definition) is 5. The van der Waals surface area contributed by atoms with Gasteiger partial charge < -0.3 is 20.3 Å². The Morgan fingerprint density at radius 3 is 2.79 bits per heavy atom. The molecule has 7 heteroatoms. The molecule has 1 aliphatic heterocycles. The molecule has 180 valence electrons. The average Bonchev–Trinajstić information content (AvgIpc) is 3.31. The van der Waals surface area contributed by atoms with Crippen molar-refractivity contribution in [2.24, 2.45) is 15.9 Å². The highest BCUT2D eigenvalue weighted by molar-refractivity contribution is 6.14. The highest BCUT2D eigenvalue weighted by Crippen LogP contribution is 2.31. The number of amidine groups is 1. The van der Waals surface area contributed by atoms with Crippen LogP contribution in [0.2, 0.25) is 0 Å². The Hall–Kier alpha value is -2.51. The fourth-order valence-corrected chi connectivity index (χ4v) is 4.21. The number of methoxy groups -OCH3 is 1. The van der Waals surface area contributed by atoms with E-state index in [0.717, 1.165) is 54.2 Å². The molecule has 2 aliphatic rings. The van der Waals surface area contributed by atoms with Crippen molar-refractivity contribution in [3.8, 4) is 5.75 Å². The van der Waals surface area contributed by atoms with E-state index < -0.39 is 12.8 Å². The lowest BCUT2D eigenvalue weighted by Gasteiger charge is -2.18. The van der Waals surface area contributed by atoms with Gasteiger partial charge in [-0.3, -0.25) is 4.99 Å². The van der Waals surface area contributed by atoms with E-state index in [0.29, 0.717) is 35.9 Å². The van der Waals surface area contributed by atoms with Crippen LogP contribution < -0.4 is 10.5 Å². The lowest BCUT2D eigenvalue weighted by Crippen LogP contribution is -2.15. The van der Waals surface area contributed by atoms with Crippen LogP contribution in [0, 0.1) is 5.92 Å². The average molecular weight is 458 g/mol. The van der Waals surface area contributed by atoms with Crippen molar-refractivity contribution in [2.45, 2.75) is 58.7 Å². The standard InChI is InChI=1S/C26H36FN3O3/c1-16(2)29-26(30-17(3)19-6-5-7-20(11-19)23(27)14-31)22-12-21(10-18-8-9-33-15-18)25(32-4)13-24(22)28/h6,11-13,16,18,23,31H,5,7-10,14-15,28H2,1-4H3/t18-,23?/m1/s1. The molecule has 1 aromatic carbocycles. The molecule has 0 saturated carbocycles. The number of anilines is 1. The maximum atomic E-state index is 14.0. The number of halogens is 1. The van der Waals surface area contributed by atoms with Crippen molar-refractivity contribution in [1.82, 2.24) is 0 Å². The van der Waals surface area contributed by atoms with Gasteiger partial charge in [0.2, 0.25) is 0 Å². The van der Waals surface area contributed by atoms with Gasteiger partial charge in [0.1, 0.15) is 11.9 Å². The fraction of sp³-hybridized carbons (Fsp3) is 0.538. The van der Waals surface area contributed by atoms with Crippen LogP contribution in [-0.2, 0) is 11.2 Å². The van der Waals surface area contributed by atoms with Gasteiger partial charge in [0.25, 0.3) is 0 Å². The van der Waals surface area contributed by atoms with Crippen molar-refractivity contribution in [3.05, 3.63) is 46.6 Å². The summed E-state index contributed by atoms with van der Waals surface area (Å²) in [6.45, 7) is 6.91. The minimum Gasteiger partial charge on any atom is -0.496 e. The van der Waals surface area contributed by atoms with Gasteiger partial charge in [-0.2, -0.15) is 0 Å². The van der Waals surface area contributed by atoms with Gasteiger partial charge >= 0.3 is 0 Å². The molecule has 1 unspecified atom stereocenters. The lowest BCUT2D eigenvalue weighted by molar-refractivity contribution is 0.185. The Balaban J connectivity index is 1.99. The van der Waals surface area contributed by atoms with Crippen LogP contribution in [0.5, 0.6) is 5.75 Å². The number of nitrogen functional groups attached to an aromatic ring is 1. The van der Waals surface area contributed by atoms with Crippen LogP contribution in [-0.4, -0.2) is 55.8 Å². The van der Waals surface area contributed by atoms with Crippen molar-refractivity contribution in [3.63, 3.8) is 0 Å². The molecule has 6 nitrogen and oxygen atoms in total. The number of nitrogens with zero attached hydrogens (tertiary/aromatic N) is 2. The van der Waals surface area contributed by atoms with Gasteiger partial charge in [0, 0.05) is 42.3 Å². The zero-order valence-electron chi connectivity index (χ0n) is 20.1. The SMILES string of the molecule is COc1cc(N)c(C(N=C(C)C2=CCCC(C(F)CO)=C2)=NC(C)C)cc1C[C@H]1CCOC1. The maximum absolute atomic E-state index is 14.0. The second kappa shape index (κ2) is 11.6. The first-order chi connectivity index (χ1) is 15.8. The summed E-state index contributed by atoms with van der Waals surface area (Å²) in [5, 5.41) is 9.19. The van der Waals surface area contributed by atoms with Gasteiger partial charge in [0.15, 0.2) is 5.84 Å². The number of ether oxygens (including phenoxy) is 2. The smallest absolute Gasteiger partial charge is 0.157 e. The number of allylic oxidation sites excluding steroid dienone is 3. The van der Waals surface area contributed by atoms with Crippen molar-refractivity contribution >= 4 is 17.2 Å². The zero-order chi connectivity index (χ0) is 24.0. The van der Waals surface area contributed by atoms with Crippen LogP contribution in [0.1, 0.15) is 51.2 Å². The summed E-state index contributed by atoms with van der Waals surface area (Å²) in [5.74, 6) is 1.75. The summed E-state index contributed by atoms with van der Waals surface area (Å²) in [6.07, 6.45) is 5.67. The van der Waals surface area contributed by atoms with Crippen molar-refractivity contribution < 1.29 is 19.0 Å². The van der Waals surface area contributed by atoms with E-state index >= 15 is 0 Å². The first-order valence-corrected chi connectivity index (χ1v) is 11.7. The first-order valence-electron chi connectivity index (χ1n) is 11.7. The molecule has 1 fully saturated rings. The highest BCUT2D eigenvalue weighted by atomic mass is 19.1. The van der Waals surface area contributed by atoms with E-state index in [1.54, 1.807) is 13.2 Å². The normalized spacial score (nSPS) is 20.6. The van der Waals surface area contributed by atoms with Gasteiger partial charge in [-0.1, -0.05) is 12.2 Å². The minimum absolute atomic E-state index is 0.0146. The monoisotopic (exact) mass is 457 g/mol. The van der Waals surface area contributed by atoms with E-state index in [-0.39, 0.29) is 6.04 Å². The van der Waals surface area contributed by atoms with Crippen LogP contribution in [0.3, 0.4) is 0 Å². The van der Waals surface area contributed by atoms with E-state index in [2.05, 4.69) is 0 Å². The third-order valence-corrected chi connectivity index (χ3v) is 6.00. The minimum atomic E-state index is -1.34. The second-order valence-corrected chi connectivity index (χ2v) is 9.00. The summed E-state index contributed by atoms with van der Waals surface area (Å²) in [5.41, 5.74) is 11.0. The molecule has 0 radical (unpaired) electrons.